The third kappa shape index (κ3) is 2.33. The fourth-order valence-electron chi connectivity index (χ4n) is 1.92. The Labute approximate surface area is 69.9 Å². The predicted molar refractivity (Wildman–Crippen MR) is 49.6 cm³/mol. The SMILES string of the molecule is C=CC(CCC)C1CCNC1. The molecule has 0 spiro atoms. The van der Waals surface area contributed by atoms with E-state index in [1.807, 2.05) is 0 Å². The Bertz CT molecular complexity index is 114. The van der Waals surface area contributed by atoms with Crippen LogP contribution in [0, 0.1) is 11.8 Å². The molecule has 1 rings (SSSR count). The summed E-state index contributed by atoms with van der Waals surface area (Å²) in [5.74, 6) is 1.63. The molecule has 1 fully saturated rings. The fourth-order valence-corrected chi connectivity index (χ4v) is 1.92. The lowest BCUT2D eigenvalue weighted by molar-refractivity contribution is 0.400. The van der Waals surface area contributed by atoms with Gasteiger partial charge in [-0.15, -0.1) is 6.58 Å². The zero-order chi connectivity index (χ0) is 8.10. The second kappa shape index (κ2) is 4.55. The summed E-state index contributed by atoms with van der Waals surface area (Å²) in [7, 11) is 0. The number of allylic oxidation sites excluding steroid dienone is 1. The van der Waals surface area contributed by atoms with Gasteiger partial charge in [0.1, 0.15) is 0 Å². The van der Waals surface area contributed by atoms with Gasteiger partial charge in [0.15, 0.2) is 0 Å². The number of nitrogens with one attached hydrogen (secondary N) is 1. The van der Waals surface area contributed by atoms with E-state index in [1.165, 1.54) is 32.4 Å². The Morgan fingerprint density at radius 3 is 3.00 bits per heavy atom. The number of hydrogen-bond acceptors (Lipinski definition) is 1. The van der Waals surface area contributed by atoms with Gasteiger partial charge in [-0.3, -0.25) is 0 Å². The lowest BCUT2D eigenvalue weighted by Crippen LogP contribution is -2.15. The van der Waals surface area contributed by atoms with Crippen molar-refractivity contribution in [1.29, 1.82) is 0 Å². The summed E-state index contributed by atoms with van der Waals surface area (Å²) >= 11 is 0. The first kappa shape index (κ1) is 8.79. The van der Waals surface area contributed by atoms with Crippen molar-refractivity contribution in [3.05, 3.63) is 12.7 Å². The molecular weight excluding hydrogens is 134 g/mol. The lowest BCUT2D eigenvalue weighted by atomic mass is 9.88. The van der Waals surface area contributed by atoms with Crippen LogP contribution in [0.5, 0.6) is 0 Å². The average molecular weight is 153 g/mol. The minimum Gasteiger partial charge on any atom is -0.316 e. The van der Waals surface area contributed by atoms with Crippen molar-refractivity contribution in [2.75, 3.05) is 13.1 Å². The van der Waals surface area contributed by atoms with Gasteiger partial charge in [0, 0.05) is 0 Å². The molecule has 0 aromatic heterocycles. The monoisotopic (exact) mass is 153 g/mol. The van der Waals surface area contributed by atoms with Gasteiger partial charge in [-0.2, -0.15) is 0 Å². The van der Waals surface area contributed by atoms with Gasteiger partial charge in [-0.25, -0.2) is 0 Å². The van der Waals surface area contributed by atoms with Crippen molar-refractivity contribution in [2.45, 2.75) is 26.2 Å². The van der Waals surface area contributed by atoms with Crippen LogP contribution in [0.2, 0.25) is 0 Å². The van der Waals surface area contributed by atoms with Gasteiger partial charge in [0.25, 0.3) is 0 Å². The molecule has 0 saturated carbocycles. The van der Waals surface area contributed by atoms with Gasteiger partial charge in [0.2, 0.25) is 0 Å². The highest BCUT2D eigenvalue weighted by molar-refractivity contribution is 4.88. The van der Waals surface area contributed by atoms with Crippen LogP contribution < -0.4 is 5.32 Å². The summed E-state index contributed by atoms with van der Waals surface area (Å²) in [4.78, 5) is 0. The molecule has 0 bridgehead atoms. The number of rotatable bonds is 4. The van der Waals surface area contributed by atoms with Crippen LogP contribution in [-0.4, -0.2) is 13.1 Å². The fraction of sp³-hybridized carbons (Fsp3) is 0.800. The molecule has 1 aliphatic heterocycles. The second-order valence-corrected chi connectivity index (χ2v) is 3.44. The van der Waals surface area contributed by atoms with Crippen LogP contribution in [0.1, 0.15) is 26.2 Å². The van der Waals surface area contributed by atoms with Gasteiger partial charge in [-0.05, 0) is 37.8 Å². The van der Waals surface area contributed by atoms with Gasteiger partial charge in [-0.1, -0.05) is 19.4 Å². The lowest BCUT2D eigenvalue weighted by Gasteiger charge is -2.17. The minimum atomic E-state index is 0.759. The van der Waals surface area contributed by atoms with E-state index in [0.29, 0.717) is 0 Å². The minimum absolute atomic E-state index is 0.759. The average Bonchev–Trinajstić information content (AvgIpc) is 2.52. The van der Waals surface area contributed by atoms with Crippen LogP contribution in [0.3, 0.4) is 0 Å². The standard InChI is InChI=1S/C10H19N/c1-3-5-9(4-2)10-6-7-11-8-10/h4,9-11H,2-3,5-8H2,1H3. The molecule has 2 atom stereocenters. The molecule has 1 N–H and O–H groups in total. The second-order valence-electron chi connectivity index (χ2n) is 3.44. The van der Waals surface area contributed by atoms with Crippen molar-refractivity contribution in [2.24, 2.45) is 11.8 Å². The molecule has 1 heteroatoms. The Morgan fingerprint density at radius 1 is 1.73 bits per heavy atom. The Hall–Kier alpha value is -0.300. The van der Waals surface area contributed by atoms with Crippen LogP contribution in [0.25, 0.3) is 0 Å². The topological polar surface area (TPSA) is 12.0 Å². The van der Waals surface area contributed by atoms with Crippen molar-refractivity contribution in [3.63, 3.8) is 0 Å². The van der Waals surface area contributed by atoms with Crippen LogP contribution in [-0.2, 0) is 0 Å². The zero-order valence-corrected chi connectivity index (χ0v) is 7.47. The van der Waals surface area contributed by atoms with Crippen LogP contribution in [0.4, 0.5) is 0 Å². The highest BCUT2D eigenvalue weighted by Gasteiger charge is 2.21. The van der Waals surface area contributed by atoms with E-state index in [0.717, 1.165) is 11.8 Å². The van der Waals surface area contributed by atoms with Crippen LogP contribution in [0.15, 0.2) is 12.7 Å². The zero-order valence-electron chi connectivity index (χ0n) is 7.47. The van der Waals surface area contributed by atoms with Gasteiger partial charge in [0.05, 0.1) is 0 Å². The summed E-state index contributed by atoms with van der Waals surface area (Å²) in [5, 5.41) is 3.40. The van der Waals surface area contributed by atoms with Crippen molar-refractivity contribution in [3.8, 4) is 0 Å². The van der Waals surface area contributed by atoms with E-state index in [4.69, 9.17) is 0 Å². The Balaban J connectivity index is 2.33. The molecule has 1 heterocycles. The molecule has 11 heavy (non-hydrogen) atoms. The molecule has 0 aromatic carbocycles. The Kier molecular flexibility index (Phi) is 3.64. The molecule has 1 saturated heterocycles. The van der Waals surface area contributed by atoms with E-state index >= 15 is 0 Å². The summed E-state index contributed by atoms with van der Waals surface area (Å²) < 4.78 is 0. The smallest absolute Gasteiger partial charge is 0.00144 e. The largest absolute Gasteiger partial charge is 0.316 e. The molecule has 1 aliphatic rings. The van der Waals surface area contributed by atoms with Crippen LogP contribution >= 0.6 is 0 Å². The van der Waals surface area contributed by atoms with Crippen molar-refractivity contribution in [1.82, 2.24) is 5.32 Å². The third-order valence-corrected chi connectivity index (χ3v) is 2.63. The third-order valence-electron chi connectivity index (χ3n) is 2.63. The maximum Gasteiger partial charge on any atom is -0.00144 e. The molecule has 1 nitrogen and oxygen atoms in total. The predicted octanol–water partition coefficient (Wildman–Crippen LogP) is 2.20. The van der Waals surface area contributed by atoms with E-state index in [1.54, 1.807) is 0 Å². The normalized spacial score (nSPS) is 26.8. The highest BCUT2D eigenvalue weighted by Crippen LogP contribution is 2.23. The van der Waals surface area contributed by atoms with Crippen molar-refractivity contribution >= 4 is 0 Å². The molecule has 0 aliphatic carbocycles. The maximum absolute atomic E-state index is 3.90. The molecule has 2 unspecified atom stereocenters. The first-order valence-electron chi connectivity index (χ1n) is 4.71. The molecular formula is C10H19N. The highest BCUT2D eigenvalue weighted by atomic mass is 14.9. The van der Waals surface area contributed by atoms with E-state index < -0.39 is 0 Å². The van der Waals surface area contributed by atoms with Gasteiger partial charge < -0.3 is 5.32 Å². The molecule has 64 valence electrons. The first-order chi connectivity index (χ1) is 5.38. The van der Waals surface area contributed by atoms with Gasteiger partial charge >= 0.3 is 0 Å². The Morgan fingerprint density at radius 2 is 2.55 bits per heavy atom. The quantitative estimate of drug-likeness (QED) is 0.610. The summed E-state index contributed by atoms with van der Waals surface area (Å²) in [6, 6.07) is 0. The number of hydrogen-bond donors (Lipinski definition) is 1. The summed E-state index contributed by atoms with van der Waals surface area (Å²) in [5.41, 5.74) is 0. The van der Waals surface area contributed by atoms with E-state index in [9.17, 15) is 0 Å². The molecule has 0 amide bonds. The molecule has 0 aromatic rings. The maximum atomic E-state index is 3.90. The van der Waals surface area contributed by atoms with E-state index in [-0.39, 0.29) is 0 Å². The summed E-state index contributed by atoms with van der Waals surface area (Å²) in [6.45, 7) is 8.56. The van der Waals surface area contributed by atoms with Crippen molar-refractivity contribution < 1.29 is 0 Å². The first-order valence-corrected chi connectivity index (χ1v) is 4.71. The van der Waals surface area contributed by atoms with E-state index in [2.05, 4.69) is 24.9 Å². The molecule has 0 radical (unpaired) electrons. The summed E-state index contributed by atoms with van der Waals surface area (Å²) in [6.07, 6.45) is 6.08.